The van der Waals surface area contributed by atoms with Crippen molar-refractivity contribution in [3.63, 3.8) is 0 Å². The van der Waals surface area contributed by atoms with Crippen LogP contribution in [0.2, 0.25) is 5.02 Å². The third-order valence-electron chi connectivity index (χ3n) is 4.20. The number of hydrogen-bond acceptors (Lipinski definition) is 6. The first-order valence-corrected chi connectivity index (χ1v) is 10.9. The maximum absolute atomic E-state index is 13.3. The number of amides is 3. The van der Waals surface area contributed by atoms with E-state index in [2.05, 4.69) is 5.32 Å². The summed E-state index contributed by atoms with van der Waals surface area (Å²) in [7, 11) is 0. The normalized spacial score (nSPS) is 14.8. The monoisotopic (exact) mass is 478 g/mol. The second-order valence-corrected chi connectivity index (χ2v) is 7.92. The van der Waals surface area contributed by atoms with Crippen LogP contribution in [0.25, 0.3) is 6.08 Å². The summed E-state index contributed by atoms with van der Waals surface area (Å²) in [4.78, 5) is 38.2. The van der Waals surface area contributed by atoms with Gasteiger partial charge >= 0.3 is 0 Å². The molecule has 1 fully saturated rings. The van der Waals surface area contributed by atoms with Crippen LogP contribution >= 0.6 is 23.4 Å². The summed E-state index contributed by atoms with van der Waals surface area (Å²) in [6.07, 6.45) is 1.50. The molecule has 3 amide bonds. The molecule has 0 spiro atoms. The number of anilines is 1. The number of carbonyl (C=O) groups excluding carboxylic acids is 3. The first-order chi connectivity index (χ1) is 15.3. The van der Waals surface area contributed by atoms with Gasteiger partial charge in [-0.05, 0) is 67.6 Å². The molecule has 0 radical (unpaired) electrons. The maximum atomic E-state index is 13.3. The third kappa shape index (κ3) is 5.60. The fourth-order valence-corrected chi connectivity index (χ4v) is 4.03. The van der Waals surface area contributed by atoms with Crippen LogP contribution in [0.5, 0.6) is 11.5 Å². The van der Waals surface area contributed by atoms with Gasteiger partial charge in [0.25, 0.3) is 11.1 Å². The number of hydrogen-bond donors (Lipinski definition) is 1. The molecule has 0 aliphatic carbocycles. The highest BCUT2D eigenvalue weighted by molar-refractivity contribution is 8.18. The zero-order valence-corrected chi connectivity index (χ0v) is 18.9. The van der Waals surface area contributed by atoms with Crippen molar-refractivity contribution < 1.29 is 28.2 Å². The summed E-state index contributed by atoms with van der Waals surface area (Å²) in [5, 5.41) is 2.18. The van der Waals surface area contributed by atoms with E-state index in [-0.39, 0.29) is 10.6 Å². The van der Waals surface area contributed by atoms with Gasteiger partial charge in [0.2, 0.25) is 5.91 Å². The van der Waals surface area contributed by atoms with Gasteiger partial charge in [0.05, 0.1) is 23.1 Å². The van der Waals surface area contributed by atoms with Crippen LogP contribution in [0.1, 0.15) is 19.4 Å². The molecule has 0 aromatic heterocycles. The summed E-state index contributed by atoms with van der Waals surface area (Å²) in [6, 6.07) is 8.57. The number of benzene rings is 2. The highest BCUT2D eigenvalue weighted by Gasteiger charge is 2.36. The van der Waals surface area contributed by atoms with Crippen molar-refractivity contribution in [3.8, 4) is 11.5 Å². The van der Waals surface area contributed by atoms with E-state index in [1.54, 1.807) is 12.1 Å². The smallest absolute Gasteiger partial charge is 0.294 e. The topological polar surface area (TPSA) is 84.9 Å². The van der Waals surface area contributed by atoms with E-state index in [1.807, 2.05) is 13.8 Å². The zero-order valence-electron chi connectivity index (χ0n) is 17.3. The van der Waals surface area contributed by atoms with Crippen LogP contribution in [0.3, 0.4) is 0 Å². The molecule has 1 saturated heterocycles. The van der Waals surface area contributed by atoms with Crippen molar-refractivity contribution in [1.29, 1.82) is 0 Å². The van der Waals surface area contributed by atoms with E-state index in [0.29, 0.717) is 47.1 Å². The van der Waals surface area contributed by atoms with Crippen LogP contribution in [-0.2, 0) is 9.59 Å². The average Bonchev–Trinajstić information content (AvgIpc) is 2.98. The van der Waals surface area contributed by atoms with Crippen LogP contribution in [0.15, 0.2) is 41.3 Å². The van der Waals surface area contributed by atoms with E-state index in [9.17, 15) is 18.8 Å². The van der Waals surface area contributed by atoms with Crippen molar-refractivity contribution in [2.75, 3.05) is 25.1 Å². The number of imide groups is 1. The third-order valence-corrected chi connectivity index (χ3v) is 5.39. The highest BCUT2D eigenvalue weighted by atomic mass is 35.5. The number of nitrogens with zero attached hydrogens (tertiary/aromatic N) is 1. The molecule has 10 heteroatoms. The number of thioether (sulfide) groups is 1. The molecular weight excluding hydrogens is 459 g/mol. The summed E-state index contributed by atoms with van der Waals surface area (Å²) >= 11 is 7.01. The van der Waals surface area contributed by atoms with E-state index in [4.69, 9.17) is 21.1 Å². The van der Waals surface area contributed by atoms with Gasteiger partial charge in [0, 0.05) is 5.69 Å². The standard InChI is InChI=1S/C22H20ClFN2O5S/c1-3-30-17-9-13(8-16(23)20(17)31-4-2)10-18-21(28)26(22(29)32-18)12-19(27)25-15-7-5-6-14(24)11-15/h5-11H,3-4,12H2,1-2H3,(H,25,27)/b18-10+. The predicted octanol–water partition coefficient (Wildman–Crippen LogP) is 4.95. The molecule has 32 heavy (non-hydrogen) atoms. The van der Waals surface area contributed by atoms with Crippen LogP contribution < -0.4 is 14.8 Å². The number of ether oxygens (including phenoxy) is 2. The van der Waals surface area contributed by atoms with Gasteiger partial charge < -0.3 is 14.8 Å². The SMILES string of the molecule is CCOc1cc(/C=C2/SC(=O)N(CC(=O)Nc3cccc(F)c3)C2=O)cc(Cl)c1OCC. The Labute approximate surface area is 193 Å². The maximum Gasteiger partial charge on any atom is 0.294 e. The molecule has 0 bridgehead atoms. The molecule has 168 valence electrons. The first-order valence-electron chi connectivity index (χ1n) is 9.72. The Balaban J connectivity index is 1.77. The van der Waals surface area contributed by atoms with Gasteiger partial charge in [-0.25, -0.2) is 4.39 Å². The molecule has 3 rings (SSSR count). The van der Waals surface area contributed by atoms with E-state index < -0.39 is 29.4 Å². The Bertz CT molecular complexity index is 1090. The minimum absolute atomic E-state index is 0.135. The fourth-order valence-electron chi connectivity index (χ4n) is 2.92. The molecule has 0 atom stereocenters. The average molecular weight is 479 g/mol. The quantitative estimate of drug-likeness (QED) is 0.540. The minimum atomic E-state index is -0.623. The summed E-state index contributed by atoms with van der Waals surface area (Å²) in [5.74, 6) is -0.936. The Morgan fingerprint density at radius 3 is 2.62 bits per heavy atom. The molecule has 7 nitrogen and oxygen atoms in total. The van der Waals surface area contributed by atoms with Crippen molar-refractivity contribution in [2.24, 2.45) is 0 Å². The first kappa shape index (κ1) is 23.6. The Morgan fingerprint density at radius 2 is 1.94 bits per heavy atom. The lowest BCUT2D eigenvalue weighted by atomic mass is 10.1. The van der Waals surface area contributed by atoms with Gasteiger partial charge in [0.15, 0.2) is 11.5 Å². The van der Waals surface area contributed by atoms with Crippen molar-refractivity contribution >= 4 is 52.2 Å². The molecular formula is C22H20ClFN2O5S. The van der Waals surface area contributed by atoms with E-state index in [0.717, 1.165) is 11.0 Å². The molecule has 1 aliphatic heterocycles. The summed E-state index contributed by atoms with van der Waals surface area (Å²) in [6.45, 7) is 3.93. The van der Waals surface area contributed by atoms with Gasteiger partial charge in [-0.15, -0.1) is 0 Å². The second kappa shape index (κ2) is 10.5. The molecule has 1 heterocycles. The Kier molecular flexibility index (Phi) is 7.76. The summed E-state index contributed by atoms with van der Waals surface area (Å²) < 4.78 is 24.4. The van der Waals surface area contributed by atoms with Gasteiger partial charge in [0.1, 0.15) is 12.4 Å². The van der Waals surface area contributed by atoms with Crippen molar-refractivity contribution in [1.82, 2.24) is 4.90 Å². The largest absolute Gasteiger partial charge is 0.490 e. The van der Waals surface area contributed by atoms with E-state index >= 15 is 0 Å². The van der Waals surface area contributed by atoms with Gasteiger partial charge in [-0.1, -0.05) is 17.7 Å². The van der Waals surface area contributed by atoms with Crippen molar-refractivity contribution in [3.05, 3.63) is 57.7 Å². The molecule has 1 aliphatic rings. The zero-order chi connectivity index (χ0) is 23.3. The number of nitrogens with one attached hydrogen (secondary N) is 1. The lowest BCUT2D eigenvalue weighted by Crippen LogP contribution is -2.36. The van der Waals surface area contributed by atoms with Crippen molar-refractivity contribution in [2.45, 2.75) is 13.8 Å². The predicted molar refractivity (Wildman–Crippen MR) is 121 cm³/mol. The van der Waals surface area contributed by atoms with Gasteiger partial charge in [-0.3, -0.25) is 19.3 Å². The van der Waals surface area contributed by atoms with Crippen LogP contribution in [-0.4, -0.2) is 41.7 Å². The van der Waals surface area contributed by atoms with Crippen LogP contribution in [0, 0.1) is 5.82 Å². The lowest BCUT2D eigenvalue weighted by Gasteiger charge is -2.13. The Morgan fingerprint density at radius 1 is 1.19 bits per heavy atom. The molecule has 0 unspecified atom stereocenters. The molecule has 0 saturated carbocycles. The van der Waals surface area contributed by atoms with E-state index in [1.165, 1.54) is 24.3 Å². The number of carbonyl (C=O) groups is 3. The summed E-state index contributed by atoms with van der Waals surface area (Å²) in [5.41, 5.74) is 0.765. The molecule has 2 aromatic rings. The Hall–Kier alpha value is -3.04. The lowest BCUT2D eigenvalue weighted by molar-refractivity contribution is -0.127. The number of rotatable bonds is 8. The second-order valence-electron chi connectivity index (χ2n) is 6.52. The molecule has 1 N–H and O–H groups in total. The van der Waals surface area contributed by atoms with Crippen LogP contribution in [0.4, 0.5) is 14.9 Å². The van der Waals surface area contributed by atoms with Gasteiger partial charge in [-0.2, -0.15) is 0 Å². The fraction of sp³-hybridized carbons (Fsp3) is 0.227. The molecule has 2 aromatic carbocycles. The number of halogens is 2. The highest BCUT2D eigenvalue weighted by Crippen LogP contribution is 2.39. The minimum Gasteiger partial charge on any atom is -0.490 e.